The van der Waals surface area contributed by atoms with E-state index in [1.165, 1.54) is 64.0 Å². The fourth-order valence-electron chi connectivity index (χ4n) is 5.51. The van der Waals surface area contributed by atoms with Gasteiger partial charge in [0, 0.05) is 31.0 Å². The lowest BCUT2D eigenvalue weighted by atomic mass is 9.84. The zero-order chi connectivity index (χ0) is 16.7. The molecule has 1 unspecified atom stereocenters. The monoisotopic (exact) mass is 327 g/mol. The van der Waals surface area contributed by atoms with E-state index in [1.807, 2.05) is 0 Å². The molecule has 0 N–H and O–H groups in total. The average molecular weight is 328 g/mol. The Kier molecular flexibility index (Phi) is 4.57. The van der Waals surface area contributed by atoms with Gasteiger partial charge >= 0.3 is 0 Å². The summed E-state index contributed by atoms with van der Waals surface area (Å²) in [6.07, 6.45) is 13.6. The molecule has 0 radical (unpaired) electrons. The van der Waals surface area contributed by atoms with Gasteiger partial charge in [-0.15, -0.1) is 0 Å². The molecule has 0 spiro atoms. The van der Waals surface area contributed by atoms with E-state index in [0.717, 1.165) is 0 Å². The van der Waals surface area contributed by atoms with E-state index in [4.69, 9.17) is 0 Å². The Bertz CT molecular complexity index is 574. The number of fused-ring (bicyclic) bond motifs is 4. The standard InChI is InChI=1S/C21H33N3/c1-4-10-22-12-13-23(11-5-2)21-19-14-17-8-6-7-9-18(17)24(19)15-16(3)20(21)22/h7,9,15,19-21H,4-6,8,10-14H2,1-3H3/t19-,20?,21-/m0/s1. The zero-order valence-corrected chi connectivity index (χ0v) is 15.7. The summed E-state index contributed by atoms with van der Waals surface area (Å²) in [5.74, 6) is 0. The van der Waals surface area contributed by atoms with Crippen LogP contribution in [-0.4, -0.2) is 59.0 Å². The van der Waals surface area contributed by atoms with Crippen molar-refractivity contribution in [3.8, 4) is 0 Å². The fraction of sp³-hybridized carbons (Fsp3) is 0.714. The van der Waals surface area contributed by atoms with Gasteiger partial charge in [0.15, 0.2) is 0 Å². The highest BCUT2D eigenvalue weighted by atomic mass is 15.4. The lowest BCUT2D eigenvalue weighted by Crippen LogP contribution is -2.67. The number of rotatable bonds is 4. The lowest BCUT2D eigenvalue weighted by Gasteiger charge is -2.54. The Balaban J connectivity index is 1.69. The second-order valence-corrected chi connectivity index (χ2v) is 7.99. The highest BCUT2D eigenvalue weighted by molar-refractivity contribution is 5.40. The fourth-order valence-corrected chi connectivity index (χ4v) is 5.51. The van der Waals surface area contributed by atoms with Crippen molar-refractivity contribution in [1.29, 1.82) is 0 Å². The molecule has 3 nitrogen and oxygen atoms in total. The molecule has 3 aliphatic heterocycles. The van der Waals surface area contributed by atoms with Crippen LogP contribution in [0.3, 0.4) is 0 Å². The number of hydrogen-bond donors (Lipinski definition) is 0. The smallest absolute Gasteiger partial charge is 0.0548 e. The molecule has 3 heteroatoms. The largest absolute Gasteiger partial charge is 0.343 e. The van der Waals surface area contributed by atoms with Crippen LogP contribution in [0.5, 0.6) is 0 Å². The van der Waals surface area contributed by atoms with Gasteiger partial charge in [-0.05, 0) is 69.3 Å². The third-order valence-electron chi connectivity index (χ3n) is 6.38. The van der Waals surface area contributed by atoms with Crippen LogP contribution in [0.25, 0.3) is 0 Å². The predicted molar refractivity (Wildman–Crippen MR) is 101 cm³/mol. The van der Waals surface area contributed by atoms with Gasteiger partial charge in [-0.2, -0.15) is 0 Å². The zero-order valence-electron chi connectivity index (χ0n) is 15.7. The molecule has 132 valence electrons. The van der Waals surface area contributed by atoms with E-state index >= 15 is 0 Å². The van der Waals surface area contributed by atoms with E-state index in [-0.39, 0.29) is 0 Å². The average Bonchev–Trinajstić information content (AvgIpc) is 2.95. The molecule has 0 aromatic rings. The van der Waals surface area contributed by atoms with Gasteiger partial charge in [-0.3, -0.25) is 9.80 Å². The minimum absolute atomic E-state index is 0.622. The van der Waals surface area contributed by atoms with Crippen LogP contribution >= 0.6 is 0 Å². The van der Waals surface area contributed by atoms with E-state index < -0.39 is 0 Å². The maximum absolute atomic E-state index is 2.81. The summed E-state index contributed by atoms with van der Waals surface area (Å²) >= 11 is 0. The topological polar surface area (TPSA) is 9.72 Å². The molecule has 24 heavy (non-hydrogen) atoms. The normalized spacial score (nSPS) is 33.4. The van der Waals surface area contributed by atoms with Gasteiger partial charge in [-0.1, -0.05) is 19.9 Å². The SMILES string of the molecule is CCCN1CCN(CCC)[C@@H]2C1C(C)=CN1C3=C(CCC=C3)C[C@@H]21. The quantitative estimate of drug-likeness (QED) is 0.778. The second-order valence-electron chi connectivity index (χ2n) is 7.99. The summed E-state index contributed by atoms with van der Waals surface area (Å²) in [4.78, 5) is 8.22. The molecular weight excluding hydrogens is 294 g/mol. The Hall–Kier alpha value is -1.06. The van der Waals surface area contributed by atoms with Crippen LogP contribution < -0.4 is 0 Å². The summed E-state index contributed by atoms with van der Waals surface area (Å²) < 4.78 is 0. The molecular formula is C21H33N3. The second kappa shape index (κ2) is 6.68. The summed E-state index contributed by atoms with van der Waals surface area (Å²) in [5, 5.41) is 0. The number of hydrogen-bond acceptors (Lipinski definition) is 3. The van der Waals surface area contributed by atoms with Crippen molar-refractivity contribution in [2.75, 3.05) is 26.2 Å². The first-order valence-electron chi connectivity index (χ1n) is 10.1. The van der Waals surface area contributed by atoms with E-state index in [9.17, 15) is 0 Å². The van der Waals surface area contributed by atoms with Crippen molar-refractivity contribution >= 4 is 0 Å². The minimum Gasteiger partial charge on any atom is -0.343 e. The summed E-state index contributed by atoms with van der Waals surface area (Å²) in [7, 11) is 0. The van der Waals surface area contributed by atoms with Crippen molar-refractivity contribution in [2.45, 2.75) is 71.0 Å². The van der Waals surface area contributed by atoms with Crippen molar-refractivity contribution < 1.29 is 0 Å². The molecule has 3 atom stereocenters. The van der Waals surface area contributed by atoms with Crippen molar-refractivity contribution in [2.24, 2.45) is 0 Å². The molecule has 1 fully saturated rings. The Morgan fingerprint density at radius 1 is 1.08 bits per heavy atom. The van der Waals surface area contributed by atoms with Gasteiger partial charge in [0.25, 0.3) is 0 Å². The van der Waals surface area contributed by atoms with Crippen LogP contribution in [0.15, 0.2) is 35.2 Å². The van der Waals surface area contributed by atoms with Gasteiger partial charge in [0.1, 0.15) is 0 Å². The summed E-state index contributed by atoms with van der Waals surface area (Å²) in [5.41, 5.74) is 4.79. The summed E-state index contributed by atoms with van der Waals surface area (Å²) in [6, 6.07) is 1.93. The van der Waals surface area contributed by atoms with Crippen LogP contribution in [0.1, 0.15) is 52.9 Å². The van der Waals surface area contributed by atoms with Crippen molar-refractivity contribution in [3.63, 3.8) is 0 Å². The lowest BCUT2D eigenvalue weighted by molar-refractivity contribution is -0.00536. The van der Waals surface area contributed by atoms with E-state index in [1.54, 1.807) is 11.1 Å². The number of nitrogens with zero attached hydrogens (tertiary/aromatic N) is 3. The molecule has 1 aliphatic carbocycles. The Morgan fingerprint density at radius 2 is 1.83 bits per heavy atom. The maximum atomic E-state index is 2.81. The van der Waals surface area contributed by atoms with Crippen LogP contribution in [0, 0.1) is 0 Å². The number of piperazine rings is 1. The molecule has 1 saturated heterocycles. The van der Waals surface area contributed by atoms with E-state index in [0.29, 0.717) is 18.1 Å². The first-order valence-corrected chi connectivity index (χ1v) is 10.1. The first kappa shape index (κ1) is 16.4. The molecule has 0 saturated carbocycles. The third kappa shape index (κ3) is 2.57. The first-order chi connectivity index (χ1) is 11.7. The van der Waals surface area contributed by atoms with Gasteiger partial charge in [-0.25, -0.2) is 0 Å². The molecule has 0 aromatic heterocycles. The molecule has 4 rings (SSSR count). The van der Waals surface area contributed by atoms with Gasteiger partial charge in [0.2, 0.25) is 0 Å². The van der Waals surface area contributed by atoms with Crippen molar-refractivity contribution in [3.05, 3.63) is 35.2 Å². The maximum Gasteiger partial charge on any atom is 0.0548 e. The Labute approximate surface area is 147 Å². The molecule has 0 aromatic carbocycles. The van der Waals surface area contributed by atoms with Crippen molar-refractivity contribution in [1.82, 2.24) is 14.7 Å². The van der Waals surface area contributed by atoms with Crippen LogP contribution in [0.2, 0.25) is 0 Å². The van der Waals surface area contributed by atoms with Crippen LogP contribution in [-0.2, 0) is 0 Å². The molecule has 4 aliphatic rings. The third-order valence-corrected chi connectivity index (χ3v) is 6.38. The van der Waals surface area contributed by atoms with Gasteiger partial charge < -0.3 is 4.90 Å². The Morgan fingerprint density at radius 3 is 2.62 bits per heavy atom. The number of allylic oxidation sites excluding steroid dienone is 2. The molecule has 3 heterocycles. The highest BCUT2D eigenvalue weighted by Gasteiger charge is 2.48. The van der Waals surface area contributed by atoms with E-state index in [2.05, 4.69) is 53.8 Å². The summed E-state index contributed by atoms with van der Waals surface area (Å²) in [6.45, 7) is 12.0. The minimum atomic E-state index is 0.622. The molecule has 0 amide bonds. The predicted octanol–water partition coefficient (Wildman–Crippen LogP) is 3.76. The van der Waals surface area contributed by atoms with Gasteiger partial charge in [0.05, 0.1) is 12.1 Å². The molecule has 0 bridgehead atoms. The highest BCUT2D eigenvalue weighted by Crippen LogP contribution is 2.44. The van der Waals surface area contributed by atoms with Crippen LogP contribution in [0.4, 0.5) is 0 Å².